The maximum atomic E-state index is 12.6. The highest BCUT2D eigenvalue weighted by atomic mass is 16.3. The van der Waals surface area contributed by atoms with Crippen LogP contribution in [0, 0.1) is 0 Å². The lowest BCUT2D eigenvalue weighted by Crippen LogP contribution is -2.30. The van der Waals surface area contributed by atoms with Crippen LogP contribution in [0.4, 0.5) is 0 Å². The first-order valence-corrected chi connectivity index (χ1v) is 7.87. The number of hydrogen-bond donors (Lipinski definition) is 1. The van der Waals surface area contributed by atoms with E-state index in [4.69, 9.17) is 0 Å². The van der Waals surface area contributed by atoms with Gasteiger partial charge in [-0.05, 0) is 36.5 Å². The Bertz CT molecular complexity index is 639. The van der Waals surface area contributed by atoms with Gasteiger partial charge in [0.15, 0.2) is 0 Å². The standard InChI is InChI=1S/C19H21NO2/c21-18-11-5-4-9-16(18)12-13-19(22)20-14-6-10-17(20)15-7-2-1-3-8-15/h1-5,7-9,11,17,21H,6,10,12-14H2. The summed E-state index contributed by atoms with van der Waals surface area (Å²) < 4.78 is 0. The van der Waals surface area contributed by atoms with Crippen molar-refractivity contribution in [2.75, 3.05) is 6.54 Å². The Hall–Kier alpha value is -2.29. The zero-order valence-corrected chi connectivity index (χ0v) is 12.6. The summed E-state index contributed by atoms with van der Waals surface area (Å²) in [4.78, 5) is 14.6. The van der Waals surface area contributed by atoms with Crippen LogP contribution < -0.4 is 0 Å². The number of phenols is 1. The molecule has 1 fully saturated rings. The quantitative estimate of drug-likeness (QED) is 0.934. The molecule has 1 aliphatic heterocycles. The third kappa shape index (κ3) is 3.14. The van der Waals surface area contributed by atoms with E-state index in [-0.39, 0.29) is 17.7 Å². The minimum Gasteiger partial charge on any atom is -0.508 e. The summed E-state index contributed by atoms with van der Waals surface area (Å²) in [5, 5.41) is 9.79. The molecule has 1 aliphatic rings. The monoisotopic (exact) mass is 295 g/mol. The number of nitrogens with zero attached hydrogens (tertiary/aromatic N) is 1. The number of likely N-dealkylation sites (tertiary alicyclic amines) is 1. The van der Waals surface area contributed by atoms with Crippen molar-refractivity contribution in [3.63, 3.8) is 0 Å². The number of aryl methyl sites for hydroxylation is 1. The minimum atomic E-state index is 0.176. The Morgan fingerprint density at radius 1 is 1.09 bits per heavy atom. The van der Waals surface area contributed by atoms with Gasteiger partial charge in [-0.15, -0.1) is 0 Å². The summed E-state index contributed by atoms with van der Waals surface area (Å²) in [7, 11) is 0. The van der Waals surface area contributed by atoms with Crippen molar-refractivity contribution >= 4 is 5.91 Å². The van der Waals surface area contributed by atoms with Gasteiger partial charge in [0.05, 0.1) is 6.04 Å². The maximum Gasteiger partial charge on any atom is 0.223 e. The molecule has 0 bridgehead atoms. The maximum absolute atomic E-state index is 12.6. The molecule has 2 aromatic carbocycles. The fourth-order valence-electron chi connectivity index (χ4n) is 3.19. The van der Waals surface area contributed by atoms with E-state index in [1.807, 2.05) is 35.2 Å². The highest BCUT2D eigenvalue weighted by Crippen LogP contribution is 2.32. The van der Waals surface area contributed by atoms with E-state index in [1.165, 1.54) is 5.56 Å². The van der Waals surface area contributed by atoms with Crippen molar-refractivity contribution < 1.29 is 9.90 Å². The largest absolute Gasteiger partial charge is 0.508 e. The third-order valence-electron chi connectivity index (χ3n) is 4.36. The molecule has 1 unspecified atom stereocenters. The molecule has 1 atom stereocenters. The molecular weight excluding hydrogens is 274 g/mol. The van der Waals surface area contributed by atoms with Crippen LogP contribution in [-0.2, 0) is 11.2 Å². The molecular formula is C19H21NO2. The topological polar surface area (TPSA) is 40.5 Å². The molecule has 1 amide bonds. The van der Waals surface area contributed by atoms with Crippen LogP contribution >= 0.6 is 0 Å². The Kier molecular flexibility index (Phi) is 4.42. The second-order valence-corrected chi connectivity index (χ2v) is 5.78. The molecule has 0 radical (unpaired) electrons. The SMILES string of the molecule is O=C(CCc1ccccc1O)N1CCCC1c1ccccc1. The van der Waals surface area contributed by atoms with E-state index in [0.717, 1.165) is 24.9 Å². The lowest BCUT2D eigenvalue weighted by atomic mass is 10.0. The van der Waals surface area contributed by atoms with Gasteiger partial charge in [0.1, 0.15) is 5.75 Å². The van der Waals surface area contributed by atoms with Crippen LogP contribution in [0.25, 0.3) is 0 Å². The predicted octanol–water partition coefficient (Wildman–Crippen LogP) is 3.69. The van der Waals surface area contributed by atoms with E-state index in [0.29, 0.717) is 12.8 Å². The lowest BCUT2D eigenvalue weighted by molar-refractivity contribution is -0.132. The summed E-state index contributed by atoms with van der Waals surface area (Å²) in [5.74, 6) is 0.450. The Labute approximate surface area is 131 Å². The molecule has 0 aromatic heterocycles. The van der Waals surface area contributed by atoms with Crippen LogP contribution in [0.15, 0.2) is 54.6 Å². The van der Waals surface area contributed by atoms with E-state index in [9.17, 15) is 9.90 Å². The molecule has 3 nitrogen and oxygen atoms in total. The van der Waals surface area contributed by atoms with Crippen molar-refractivity contribution in [3.05, 3.63) is 65.7 Å². The molecule has 2 aromatic rings. The summed E-state index contributed by atoms with van der Waals surface area (Å²) in [5.41, 5.74) is 2.06. The molecule has 1 saturated heterocycles. The molecule has 0 aliphatic carbocycles. The summed E-state index contributed by atoms with van der Waals surface area (Å²) >= 11 is 0. The zero-order valence-electron chi connectivity index (χ0n) is 12.6. The Morgan fingerprint density at radius 2 is 1.82 bits per heavy atom. The first kappa shape index (κ1) is 14.6. The normalized spacial score (nSPS) is 17.6. The van der Waals surface area contributed by atoms with E-state index >= 15 is 0 Å². The van der Waals surface area contributed by atoms with E-state index < -0.39 is 0 Å². The third-order valence-corrected chi connectivity index (χ3v) is 4.36. The van der Waals surface area contributed by atoms with E-state index in [1.54, 1.807) is 12.1 Å². The van der Waals surface area contributed by atoms with Crippen molar-refractivity contribution in [3.8, 4) is 5.75 Å². The number of benzene rings is 2. The average Bonchev–Trinajstić information content (AvgIpc) is 3.04. The molecule has 114 valence electrons. The van der Waals surface area contributed by atoms with Gasteiger partial charge in [-0.3, -0.25) is 4.79 Å². The van der Waals surface area contributed by atoms with Gasteiger partial charge in [-0.2, -0.15) is 0 Å². The van der Waals surface area contributed by atoms with Crippen LogP contribution in [0.5, 0.6) is 5.75 Å². The Balaban J connectivity index is 1.65. The molecule has 0 saturated carbocycles. The van der Waals surface area contributed by atoms with Crippen LogP contribution in [0.3, 0.4) is 0 Å². The van der Waals surface area contributed by atoms with Gasteiger partial charge >= 0.3 is 0 Å². The minimum absolute atomic E-state index is 0.176. The number of carbonyl (C=O) groups is 1. The molecule has 1 N–H and O–H groups in total. The number of para-hydroxylation sites is 1. The Morgan fingerprint density at radius 3 is 2.59 bits per heavy atom. The van der Waals surface area contributed by atoms with Gasteiger partial charge in [-0.1, -0.05) is 48.5 Å². The predicted molar refractivity (Wildman–Crippen MR) is 86.6 cm³/mol. The lowest BCUT2D eigenvalue weighted by Gasteiger charge is -2.25. The van der Waals surface area contributed by atoms with Crippen molar-refractivity contribution in [1.82, 2.24) is 4.90 Å². The van der Waals surface area contributed by atoms with Crippen molar-refractivity contribution in [1.29, 1.82) is 0 Å². The van der Waals surface area contributed by atoms with Gasteiger partial charge < -0.3 is 10.0 Å². The second-order valence-electron chi connectivity index (χ2n) is 5.78. The van der Waals surface area contributed by atoms with Gasteiger partial charge in [-0.25, -0.2) is 0 Å². The average molecular weight is 295 g/mol. The van der Waals surface area contributed by atoms with Gasteiger partial charge in [0.25, 0.3) is 0 Å². The number of aromatic hydroxyl groups is 1. The van der Waals surface area contributed by atoms with Crippen molar-refractivity contribution in [2.24, 2.45) is 0 Å². The summed E-state index contributed by atoms with van der Waals surface area (Å²) in [6, 6.07) is 17.7. The number of hydrogen-bond acceptors (Lipinski definition) is 2. The highest BCUT2D eigenvalue weighted by Gasteiger charge is 2.29. The molecule has 3 heteroatoms. The molecule has 3 rings (SSSR count). The molecule has 22 heavy (non-hydrogen) atoms. The fraction of sp³-hybridized carbons (Fsp3) is 0.316. The number of rotatable bonds is 4. The molecule has 1 heterocycles. The smallest absolute Gasteiger partial charge is 0.223 e. The molecule has 0 spiro atoms. The first-order valence-electron chi connectivity index (χ1n) is 7.87. The zero-order chi connectivity index (χ0) is 15.4. The highest BCUT2D eigenvalue weighted by molar-refractivity contribution is 5.77. The number of amides is 1. The summed E-state index contributed by atoms with van der Waals surface area (Å²) in [6.07, 6.45) is 3.12. The van der Waals surface area contributed by atoms with Crippen LogP contribution in [-0.4, -0.2) is 22.5 Å². The van der Waals surface area contributed by atoms with Gasteiger partial charge in [0, 0.05) is 13.0 Å². The van der Waals surface area contributed by atoms with Crippen LogP contribution in [0.1, 0.15) is 36.4 Å². The number of phenolic OH excluding ortho intramolecular Hbond substituents is 1. The fourth-order valence-corrected chi connectivity index (χ4v) is 3.19. The second kappa shape index (κ2) is 6.65. The van der Waals surface area contributed by atoms with Crippen molar-refractivity contribution in [2.45, 2.75) is 31.7 Å². The van der Waals surface area contributed by atoms with Crippen LogP contribution in [0.2, 0.25) is 0 Å². The number of carbonyl (C=O) groups excluding carboxylic acids is 1. The first-order chi connectivity index (χ1) is 10.8. The summed E-state index contributed by atoms with van der Waals surface area (Å²) in [6.45, 7) is 0.833. The van der Waals surface area contributed by atoms with Gasteiger partial charge in [0.2, 0.25) is 5.91 Å². The van der Waals surface area contributed by atoms with E-state index in [2.05, 4.69) is 12.1 Å².